The van der Waals surface area contributed by atoms with Crippen molar-refractivity contribution in [3.63, 3.8) is 0 Å². The van der Waals surface area contributed by atoms with Crippen molar-refractivity contribution in [1.29, 1.82) is 0 Å². The summed E-state index contributed by atoms with van der Waals surface area (Å²) in [4.78, 5) is 40.7. The Labute approximate surface area is 167 Å². The molecule has 2 fully saturated rings. The number of rotatable bonds is 5. The van der Waals surface area contributed by atoms with Gasteiger partial charge >= 0.3 is 0 Å². The average Bonchev–Trinajstić information content (AvgIpc) is 3.23. The molecule has 0 aliphatic carbocycles. The van der Waals surface area contributed by atoms with E-state index < -0.39 is 41.3 Å². The van der Waals surface area contributed by atoms with Gasteiger partial charge in [-0.05, 0) is 31.5 Å². The van der Waals surface area contributed by atoms with Crippen LogP contribution in [0, 0.1) is 11.8 Å². The number of hydrogen-bond acceptors (Lipinski definition) is 6. The van der Waals surface area contributed by atoms with Gasteiger partial charge in [-0.15, -0.1) is 0 Å². The van der Waals surface area contributed by atoms with Gasteiger partial charge in [-0.1, -0.05) is 11.6 Å². The molecular weight excluding hydrogens is 386 g/mol. The number of amides is 3. The lowest BCUT2D eigenvalue weighted by Gasteiger charge is -2.30. The highest BCUT2D eigenvalue weighted by molar-refractivity contribution is 6.31. The van der Waals surface area contributed by atoms with Crippen LogP contribution in [0.1, 0.15) is 18.9 Å². The summed E-state index contributed by atoms with van der Waals surface area (Å²) in [6.45, 7) is 2.17. The van der Waals surface area contributed by atoms with Gasteiger partial charge in [0, 0.05) is 42.6 Å². The lowest BCUT2D eigenvalue weighted by molar-refractivity contribution is -0.143. The minimum atomic E-state index is -1.44. The fourth-order valence-electron chi connectivity index (χ4n) is 4.77. The maximum atomic E-state index is 13.3. The Morgan fingerprint density at radius 1 is 1.32 bits per heavy atom. The number of likely N-dealkylation sites (tertiary alicyclic amines) is 1. The van der Waals surface area contributed by atoms with Crippen molar-refractivity contribution in [3.8, 4) is 0 Å². The van der Waals surface area contributed by atoms with Crippen LogP contribution in [0.15, 0.2) is 18.2 Å². The first-order chi connectivity index (χ1) is 13.3. The highest BCUT2D eigenvalue weighted by atomic mass is 35.5. The number of imide groups is 1. The number of fused-ring (bicyclic) bond motifs is 4. The predicted molar refractivity (Wildman–Crippen MR) is 101 cm³/mol. The number of aliphatic hydroxyl groups is 1. The molecule has 9 heteroatoms. The van der Waals surface area contributed by atoms with E-state index in [0.29, 0.717) is 29.3 Å². The number of halogens is 1. The molecule has 5 atom stereocenters. The molecule has 1 aromatic rings. The van der Waals surface area contributed by atoms with Crippen LogP contribution < -0.4 is 10.6 Å². The van der Waals surface area contributed by atoms with Gasteiger partial charge in [0.2, 0.25) is 17.7 Å². The maximum Gasteiger partial charge on any atom is 0.250 e. The monoisotopic (exact) mass is 407 g/mol. The lowest BCUT2D eigenvalue weighted by atomic mass is 9.76. The van der Waals surface area contributed by atoms with Crippen molar-refractivity contribution in [1.82, 2.24) is 10.2 Å². The summed E-state index contributed by atoms with van der Waals surface area (Å²) in [5, 5.41) is 16.7. The van der Waals surface area contributed by atoms with Crippen molar-refractivity contribution < 1.29 is 24.2 Å². The van der Waals surface area contributed by atoms with E-state index in [0.717, 1.165) is 0 Å². The Kier molecular flexibility index (Phi) is 4.70. The molecule has 0 saturated carbocycles. The second kappa shape index (κ2) is 6.81. The van der Waals surface area contributed by atoms with Gasteiger partial charge in [0.15, 0.2) is 0 Å². The highest BCUT2D eigenvalue weighted by Crippen LogP contribution is 2.53. The number of benzene rings is 1. The number of carbonyl (C=O) groups excluding carboxylic acids is 3. The predicted octanol–water partition coefficient (Wildman–Crippen LogP) is 0.478. The van der Waals surface area contributed by atoms with E-state index in [1.807, 2.05) is 0 Å². The largest absolute Gasteiger partial charge is 0.392 e. The van der Waals surface area contributed by atoms with Gasteiger partial charge in [0.05, 0.1) is 17.9 Å². The normalized spacial score (nSPS) is 32.1. The quantitative estimate of drug-likeness (QED) is 0.484. The minimum absolute atomic E-state index is 0.213. The number of nitrogens with zero attached hydrogens (tertiary/aromatic N) is 1. The van der Waals surface area contributed by atoms with Crippen molar-refractivity contribution >= 4 is 35.0 Å². The van der Waals surface area contributed by atoms with E-state index in [1.54, 1.807) is 32.2 Å². The van der Waals surface area contributed by atoms with E-state index in [-0.39, 0.29) is 12.5 Å². The van der Waals surface area contributed by atoms with Gasteiger partial charge in [-0.25, -0.2) is 0 Å². The van der Waals surface area contributed by atoms with E-state index in [2.05, 4.69) is 10.6 Å². The molecule has 0 unspecified atom stereocenters. The second-order valence-corrected chi connectivity index (χ2v) is 7.98. The van der Waals surface area contributed by atoms with Crippen molar-refractivity contribution in [2.45, 2.75) is 31.0 Å². The molecule has 3 amide bonds. The fourth-order valence-corrected chi connectivity index (χ4v) is 4.94. The van der Waals surface area contributed by atoms with Crippen molar-refractivity contribution in [2.24, 2.45) is 11.8 Å². The van der Waals surface area contributed by atoms with E-state index in [1.165, 1.54) is 4.90 Å². The molecule has 1 spiro atoms. The SMILES string of the molecule is COCCCN1C(=O)[C@@H]2[C@H]([C@@H](C)O)N[C@]3(C(=O)Nc4ccc(Cl)cc43)[C@@H]2C1=O. The molecule has 0 radical (unpaired) electrons. The molecule has 8 nitrogen and oxygen atoms in total. The molecule has 0 bridgehead atoms. The van der Waals surface area contributed by atoms with Gasteiger partial charge < -0.3 is 15.2 Å². The molecule has 3 aliphatic rings. The van der Waals surface area contributed by atoms with E-state index >= 15 is 0 Å². The van der Waals surface area contributed by atoms with Crippen molar-refractivity contribution in [2.75, 3.05) is 25.6 Å². The summed E-state index contributed by atoms with van der Waals surface area (Å²) >= 11 is 6.16. The first kappa shape index (κ1) is 19.3. The number of carbonyl (C=O) groups is 3. The first-order valence-corrected chi connectivity index (χ1v) is 9.62. The van der Waals surface area contributed by atoms with E-state index in [9.17, 15) is 19.5 Å². The van der Waals surface area contributed by atoms with Crippen LogP contribution in [0.5, 0.6) is 0 Å². The Morgan fingerprint density at radius 3 is 2.75 bits per heavy atom. The molecule has 150 valence electrons. The zero-order valence-corrected chi connectivity index (χ0v) is 16.3. The van der Waals surface area contributed by atoms with Gasteiger partial charge in [-0.3, -0.25) is 24.6 Å². The zero-order valence-electron chi connectivity index (χ0n) is 15.6. The Balaban J connectivity index is 1.81. The molecule has 3 aliphatic heterocycles. The number of hydrogen-bond donors (Lipinski definition) is 3. The number of anilines is 1. The molecule has 28 heavy (non-hydrogen) atoms. The molecular formula is C19H22ClN3O5. The summed E-state index contributed by atoms with van der Waals surface area (Å²) in [7, 11) is 1.55. The fraction of sp³-hybridized carbons (Fsp3) is 0.526. The van der Waals surface area contributed by atoms with Crippen LogP contribution in [-0.4, -0.2) is 60.1 Å². The number of nitrogens with one attached hydrogen (secondary N) is 2. The number of ether oxygens (including phenoxy) is 1. The summed E-state index contributed by atoms with van der Waals surface area (Å²) in [6.07, 6.45) is -0.430. The third kappa shape index (κ3) is 2.52. The molecule has 4 rings (SSSR count). The summed E-state index contributed by atoms with van der Waals surface area (Å²) in [6, 6.07) is 4.23. The van der Waals surface area contributed by atoms with Crippen molar-refractivity contribution in [3.05, 3.63) is 28.8 Å². The van der Waals surface area contributed by atoms with Gasteiger partial charge in [0.25, 0.3) is 0 Å². The third-order valence-corrected chi connectivity index (χ3v) is 6.19. The van der Waals surface area contributed by atoms with E-state index in [4.69, 9.17) is 16.3 Å². The van der Waals surface area contributed by atoms with Crippen LogP contribution in [-0.2, 0) is 24.7 Å². The van der Waals surface area contributed by atoms with Crippen LogP contribution in [0.3, 0.4) is 0 Å². The summed E-state index contributed by atoms with van der Waals surface area (Å²) in [5.41, 5.74) is -0.358. The van der Waals surface area contributed by atoms with Gasteiger partial charge in [-0.2, -0.15) is 0 Å². The second-order valence-electron chi connectivity index (χ2n) is 7.54. The Bertz CT molecular complexity index is 860. The molecule has 1 aromatic carbocycles. The standard InChI is InChI=1S/C19H22ClN3O5/c1-9(24)15-13-14(17(26)23(16(13)25)6-3-7-28-2)19(22-15)11-8-10(20)4-5-12(11)21-18(19)27/h4-5,8-9,13-15,22,24H,3,6-7H2,1-2H3,(H,21,27)/t9-,13+,14+,15+,19+/m1/s1. The Morgan fingerprint density at radius 2 is 2.07 bits per heavy atom. The average molecular weight is 408 g/mol. The topological polar surface area (TPSA) is 108 Å². The summed E-state index contributed by atoms with van der Waals surface area (Å²) < 4.78 is 5.02. The smallest absolute Gasteiger partial charge is 0.250 e. The minimum Gasteiger partial charge on any atom is -0.392 e. The zero-order chi connectivity index (χ0) is 20.2. The van der Waals surface area contributed by atoms with Gasteiger partial charge in [0.1, 0.15) is 5.54 Å². The number of methoxy groups -OCH3 is 1. The maximum absolute atomic E-state index is 13.3. The Hall–Kier alpha value is -2.00. The molecule has 0 aromatic heterocycles. The first-order valence-electron chi connectivity index (χ1n) is 9.24. The van der Waals surface area contributed by atoms with Crippen LogP contribution in [0.25, 0.3) is 0 Å². The van der Waals surface area contributed by atoms with Crippen LogP contribution in [0.2, 0.25) is 5.02 Å². The molecule has 3 N–H and O–H groups in total. The van der Waals surface area contributed by atoms with Crippen LogP contribution in [0.4, 0.5) is 5.69 Å². The third-order valence-electron chi connectivity index (χ3n) is 5.95. The number of aliphatic hydroxyl groups excluding tert-OH is 1. The van der Waals surface area contributed by atoms with Crippen LogP contribution >= 0.6 is 11.6 Å². The summed E-state index contributed by atoms with van der Waals surface area (Å²) in [5.74, 6) is -2.97. The molecule has 3 heterocycles. The highest BCUT2D eigenvalue weighted by Gasteiger charge is 2.71. The molecule has 2 saturated heterocycles. The lowest BCUT2D eigenvalue weighted by Crippen LogP contribution is -2.54.